The molecular formula is C15H32O2. The van der Waals surface area contributed by atoms with Crippen molar-refractivity contribution in [1.29, 1.82) is 0 Å². The highest BCUT2D eigenvalue weighted by atomic mass is 16.3. The van der Waals surface area contributed by atoms with Crippen LogP contribution in [0.3, 0.4) is 0 Å². The van der Waals surface area contributed by atoms with Gasteiger partial charge < -0.3 is 10.2 Å². The predicted molar refractivity (Wildman–Crippen MR) is 74.1 cm³/mol. The van der Waals surface area contributed by atoms with Gasteiger partial charge in [0.25, 0.3) is 0 Å². The van der Waals surface area contributed by atoms with Crippen molar-refractivity contribution in [2.75, 3.05) is 6.61 Å². The molecule has 0 heterocycles. The van der Waals surface area contributed by atoms with Crippen LogP contribution < -0.4 is 0 Å². The van der Waals surface area contributed by atoms with Gasteiger partial charge in [-0.1, -0.05) is 71.6 Å². The summed E-state index contributed by atoms with van der Waals surface area (Å²) >= 11 is 0. The van der Waals surface area contributed by atoms with Crippen LogP contribution in [0, 0.1) is 5.92 Å². The van der Waals surface area contributed by atoms with E-state index in [-0.39, 0.29) is 6.61 Å². The van der Waals surface area contributed by atoms with E-state index in [2.05, 4.69) is 13.8 Å². The van der Waals surface area contributed by atoms with Crippen LogP contribution in [0.4, 0.5) is 0 Å². The Bertz CT molecular complexity index is 148. The largest absolute Gasteiger partial charge is 0.394 e. The Balaban J connectivity index is 3.75. The first kappa shape index (κ1) is 16.9. The lowest BCUT2D eigenvalue weighted by Crippen LogP contribution is -2.17. The van der Waals surface area contributed by atoms with Crippen LogP contribution in [0.2, 0.25) is 0 Å². The summed E-state index contributed by atoms with van der Waals surface area (Å²) in [7, 11) is 0. The fourth-order valence-corrected chi connectivity index (χ4v) is 2.38. The van der Waals surface area contributed by atoms with Gasteiger partial charge in [0.15, 0.2) is 0 Å². The first-order valence-corrected chi connectivity index (χ1v) is 7.53. The smallest absolute Gasteiger partial charge is 0.0773 e. The van der Waals surface area contributed by atoms with Crippen molar-refractivity contribution in [3.05, 3.63) is 0 Å². The van der Waals surface area contributed by atoms with Crippen LogP contribution >= 0.6 is 0 Å². The zero-order valence-electron chi connectivity index (χ0n) is 11.8. The molecule has 2 nitrogen and oxygen atoms in total. The van der Waals surface area contributed by atoms with E-state index < -0.39 is 6.10 Å². The molecule has 0 aromatic carbocycles. The molecule has 0 aliphatic rings. The second-order valence-corrected chi connectivity index (χ2v) is 5.28. The molecule has 0 saturated carbocycles. The predicted octanol–water partition coefficient (Wildman–Crippen LogP) is 3.90. The molecule has 17 heavy (non-hydrogen) atoms. The monoisotopic (exact) mass is 244 g/mol. The summed E-state index contributed by atoms with van der Waals surface area (Å²) in [4.78, 5) is 0. The van der Waals surface area contributed by atoms with Gasteiger partial charge in [0.2, 0.25) is 0 Å². The molecule has 2 heteroatoms. The molecule has 0 aliphatic heterocycles. The van der Waals surface area contributed by atoms with E-state index in [9.17, 15) is 5.11 Å². The molecule has 104 valence electrons. The standard InChI is InChI=1S/C15H32O2/c1-3-5-7-9-11-14(10-8-6-4-2)12-15(17)13-16/h14-17H,3-13H2,1-2H3. The third-order valence-electron chi connectivity index (χ3n) is 3.50. The second kappa shape index (κ2) is 12.4. The van der Waals surface area contributed by atoms with Crippen molar-refractivity contribution in [2.24, 2.45) is 5.92 Å². The van der Waals surface area contributed by atoms with Gasteiger partial charge in [-0.05, 0) is 12.3 Å². The summed E-state index contributed by atoms with van der Waals surface area (Å²) < 4.78 is 0. The summed E-state index contributed by atoms with van der Waals surface area (Å²) in [5.74, 6) is 0.612. The van der Waals surface area contributed by atoms with E-state index in [0.717, 1.165) is 6.42 Å². The summed E-state index contributed by atoms with van der Waals surface area (Å²) in [5, 5.41) is 18.5. The molecule has 0 aromatic rings. The van der Waals surface area contributed by atoms with Crippen molar-refractivity contribution >= 4 is 0 Å². The Morgan fingerprint density at radius 3 is 1.88 bits per heavy atom. The van der Waals surface area contributed by atoms with E-state index in [1.54, 1.807) is 0 Å². The Hall–Kier alpha value is -0.0800. The minimum Gasteiger partial charge on any atom is -0.394 e. The number of hydrogen-bond donors (Lipinski definition) is 2. The van der Waals surface area contributed by atoms with E-state index in [0.29, 0.717) is 5.92 Å². The van der Waals surface area contributed by atoms with Crippen molar-refractivity contribution < 1.29 is 10.2 Å². The third kappa shape index (κ3) is 10.8. The fraction of sp³-hybridized carbons (Fsp3) is 1.00. The molecular weight excluding hydrogens is 212 g/mol. The summed E-state index contributed by atoms with van der Waals surface area (Å²) in [6, 6.07) is 0. The lowest BCUT2D eigenvalue weighted by molar-refractivity contribution is 0.0705. The van der Waals surface area contributed by atoms with E-state index in [1.807, 2.05) is 0 Å². The summed E-state index contributed by atoms with van der Waals surface area (Å²) in [6.07, 6.45) is 11.7. The van der Waals surface area contributed by atoms with Crippen molar-refractivity contribution in [3.63, 3.8) is 0 Å². The molecule has 2 unspecified atom stereocenters. The highest BCUT2D eigenvalue weighted by Crippen LogP contribution is 2.22. The Morgan fingerprint density at radius 2 is 1.35 bits per heavy atom. The lowest BCUT2D eigenvalue weighted by Gasteiger charge is -2.19. The number of aliphatic hydroxyl groups is 2. The van der Waals surface area contributed by atoms with Gasteiger partial charge in [-0.15, -0.1) is 0 Å². The molecule has 0 rings (SSSR count). The molecule has 0 spiro atoms. The maximum Gasteiger partial charge on any atom is 0.0773 e. The first-order valence-electron chi connectivity index (χ1n) is 7.53. The zero-order valence-corrected chi connectivity index (χ0v) is 11.8. The average Bonchev–Trinajstić information content (AvgIpc) is 2.34. The minimum absolute atomic E-state index is 0.0841. The number of aliphatic hydroxyl groups excluding tert-OH is 2. The molecule has 0 aromatic heterocycles. The molecule has 0 amide bonds. The highest BCUT2D eigenvalue weighted by Gasteiger charge is 2.13. The van der Waals surface area contributed by atoms with E-state index in [4.69, 9.17) is 5.11 Å². The van der Waals surface area contributed by atoms with Gasteiger partial charge in [-0.2, -0.15) is 0 Å². The molecule has 0 saturated heterocycles. The number of hydrogen-bond acceptors (Lipinski definition) is 2. The van der Waals surface area contributed by atoms with E-state index >= 15 is 0 Å². The van der Waals surface area contributed by atoms with Gasteiger partial charge >= 0.3 is 0 Å². The zero-order chi connectivity index (χ0) is 12.9. The van der Waals surface area contributed by atoms with Crippen LogP contribution in [0.25, 0.3) is 0 Å². The first-order chi connectivity index (χ1) is 8.24. The molecule has 0 fully saturated rings. The Kier molecular flexibility index (Phi) is 12.3. The number of rotatable bonds is 12. The Labute approximate surface area is 107 Å². The lowest BCUT2D eigenvalue weighted by atomic mass is 9.90. The van der Waals surface area contributed by atoms with Crippen LogP contribution in [-0.4, -0.2) is 22.9 Å². The number of unbranched alkanes of at least 4 members (excludes halogenated alkanes) is 5. The maximum atomic E-state index is 9.54. The molecule has 0 bridgehead atoms. The average molecular weight is 244 g/mol. The fourth-order valence-electron chi connectivity index (χ4n) is 2.38. The van der Waals surface area contributed by atoms with Crippen molar-refractivity contribution in [3.8, 4) is 0 Å². The molecule has 0 radical (unpaired) electrons. The van der Waals surface area contributed by atoms with Gasteiger partial charge in [0.05, 0.1) is 12.7 Å². The Morgan fingerprint density at radius 1 is 0.824 bits per heavy atom. The van der Waals surface area contributed by atoms with Crippen LogP contribution in [-0.2, 0) is 0 Å². The maximum absolute atomic E-state index is 9.54. The SMILES string of the molecule is CCCCCCC(CCCCC)CC(O)CO. The van der Waals surface area contributed by atoms with Crippen LogP contribution in [0.5, 0.6) is 0 Å². The van der Waals surface area contributed by atoms with Crippen molar-refractivity contribution in [2.45, 2.75) is 84.2 Å². The second-order valence-electron chi connectivity index (χ2n) is 5.28. The van der Waals surface area contributed by atoms with Crippen LogP contribution in [0.15, 0.2) is 0 Å². The quantitative estimate of drug-likeness (QED) is 0.511. The van der Waals surface area contributed by atoms with Gasteiger partial charge in [-0.25, -0.2) is 0 Å². The normalized spacial score (nSPS) is 14.8. The molecule has 2 N–H and O–H groups in total. The van der Waals surface area contributed by atoms with Crippen LogP contribution in [0.1, 0.15) is 78.1 Å². The minimum atomic E-state index is -0.507. The third-order valence-corrected chi connectivity index (χ3v) is 3.50. The van der Waals surface area contributed by atoms with E-state index in [1.165, 1.54) is 57.8 Å². The van der Waals surface area contributed by atoms with Crippen molar-refractivity contribution in [1.82, 2.24) is 0 Å². The summed E-state index contributed by atoms with van der Waals surface area (Å²) in [6.45, 7) is 4.37. The highest BCUT2D eigenvalue weighted by molar-refractivity contribution is 4.65. The van der Waals surface area contributed by atoms with Gasteiger partial charge in [0, 0.05) is 0 Å². The van der Waals surface area contributed by atoms with Gasteiger partial charge in [0.1, 0.15) is 0 Å². The topological polar surface area (TPSA) is 40.5 Å². The molecule has 2 atom stereocenters. The summed E-state index contributed by atoms with van der Waals surface area (Å²) in [5.41, 5.74) is 0. The molecule has 0 aliphatic carbocycles. The van der Waals surface area contributed by atoms with Gasteiger partial charge in [-0.3, -0.25) is 0 Å².